The van der Waals surface area contributed by atoms with Crippen molar-refractivity contribution < 1.29 is 9.15 Å². The molecule has 0 bridgehead atoms. The third kappa shape index (κ3) is 2.90. The Morgan fingerprint density at radius 1 is 1.67 bits per heavy atom. The number of nitrogens with two attached hydrogens (primary N) is 1. The van der Waals surface area contributed by atoms with E-state index >= 15 is 0 Å². The summed E-state index contributed by atoms with van der Waals surface area (Å²) in [6.45, 7) is 5.16. The van der Waals surface area contributed by atoms with Crippen LogP contribution in [0.1, 0.15) is 5.76 Å². The molecule has 0 unspecified atom stereocenters. The van der Waals surface area contributed by atoms with Crippen molar-refractivity contribution in [1.82, 2.24) is 0 Å². The summed E-state index contributed by atoms with van der Waals surface area (Å²) >= 11 is 0. The van der Waals surface area contributed by atoms with Crippen LogP contribution < -0.4 is 5.73 Å². The Bertz CT molecular complexity index is 229. The van der Waals surface area contributed by atoms with E-state index in [0.29, 0.717) is 19.8 Å². The Labute approximate surface area is 71.8 Å². The Morgan fingerprint density at radius 2 is 2.50 bits per heavy atom. The third-order valence-electron chi connectivity index (χ3n) is 1.42. The van der Waals surface area contributed by atoms with Gasteiger partial charge in [0.2, 0.25) is 0 Å². The second kappa shape index (κ2) is 4.74. The molecule has 0 aliphatic carbocycles. The highest BCUT2D eigenvalue weighted by Gasteiger charge is 1.95. The molecule has 0 saturated heterocycles. The van der Waals surface area contributed by atoms with Crippen LogP contribution in [0.15, 0.2) is 35.0 Å². The van der Waals surface area contributed by atoms with Gasteiger partial charge in [-0.15, -0.1) is 0 Å². The molecule has 0 atom stereocenters. The van der Waals surface area contributed by atoms with Crippen molar-refractivity contribution in [2.24, 2.45) is 5.73 Å². The lowest BCUT2D eigenvalue weighted by molar-refractivity contribution is 0.125. The van der Waals surface area contributed by atoms with Gasteiger partial charge in [0.05, 0.1) is 12.9 Å². The van der Waals surface area contributed by atoms with Crippen LogP contribution >= 0.6 is 0 Å². The average Bonchev–Trinajstić information content (AvgIpc) is 2.57. The minimum absolute atomic E-state index is 0.470. The first-order valence-corrected chi connectivity index (χ1v) is 3.79. The number of ether oxygens (including phenoxy) is 1. The summed E-state index contributed by atoms with van der Waals surface area (Å²) in [5, 5.41) is 0. The maximum atomic E-state index is 5.33. The second-order valence-electron chi connectivity index (χ2n) is 2.53. The van der Waals surface area contributed by atoms with Crippen molar-refractivity contribution in [2.45, 2.75) is 6.61 Å². The van der Waals surface area contributed by atoms with Gasteiger partial charge in [-0.25, -0.2) is 0 Å². The Hall–Kier alpha value is -1.06. The van der Waals surface area contributed by atoms with Crippen LogP contribution in [0.4, 0.5) is 0 Å². The van der Waals surface area contributed by atoms with Gasteiger partial charge in [0, 0.05) is 6.54 Å². The Kier molecular flexibility index (Phi) is 3.57. The first kappa shape index (κ1) is 9.03. The average molecular weight is 167 g/mol. The topological polar surface area (TPSA) is 48.4 Å². The van der Waals surface area contributed by atoms with Gasteiger partial charge in [-0.3, -0.25) is 0 Å². The number of rotatable bonds is 5. The highest BCUT2D eigenvalue weighted by Crippen LogP contribution is 2.02. The molecule has 0 spiro atoms. The van der Waals surface area contributed by atoms with E-state index in [0.717, 1.165) is 11.3 Å². The SMILES string of the molecule is C=C(CN)COCc1ccco1. The second-order valence-corrected chi connectivity index (χ2v) is 2.53. The number of furan rings is 1. The van der Waals surface area contributed by atoms with Crippen LogP contribution in [0.5, 0.6) is 0 Å². The van der Waals surface area contributed by atoms with E-state index in [4.69, 9.17) is 14.9 Å². The molecule has 0 amide bonds. The van der Waals surface area contributed by atoms with Crippen LogP contribution in [-0.2, 0) is 11.3 Å². The normalized spacial score (nSPS) is 10.1. The third-order valence-corrected chi connectivity index (χ3v) is 1.42. The summed E-state index contributed by atoms with van der Waals surface area (Å²) in [7, 11) is 0. The van der Waals surface area contributed by atoms with Gasteiger partial charge in [-0.05, 0) is 17.7 Å². The molecule has 66 valence electrons. The van der Waals surface area contributed by atoms with Gasteiger partial charge < -0.3 is 14.9 Å². The predicted octanol–water partition coefficient (Wildman–Crippen LogP) is 1.31. The van der Waals surface area contributed by atoms with Gasteiger partial charge in [0.25, 0.3) is 0 Å². The van der Waals surface area contributed by atoms with Crippen LogP contribution in [-0.4, -0.2) is 13.2 Å². The van der Waals surface area contributed by atoms with E-state index in [1.807, 2.05) is 12.1 Å². The van der Waals surface area contributed by atoms with E-state index in [-0.39, 0.29) is 0 Å². The molecule has 0 radical (unpaired) electrons. The molecular weight excluding hydrogens is 154 g/mol. The molecule has 0 aliphatic rings. The van der Waals surface area contributed by atoms with E-state index in [1.165, 1.54) is 0 Å². The zero-order valence-corrected chi connectivity index (χ0v) is 6.95. The standard InChI is InChI=1S/C9H13NO2/c1-8(5-10)6-11-7-9-3-2-4-12-9/h2-4H,1,5-7,10H2. The zero-order chi connectivity index (χ0) is 8.81. The van der Waals surface area contributed by atoms with Crippen molar-refractivity contribution in [2.75, 3.05) is 13.2 Å². The van der Waals surface area contributed by atoms with Crippen molar-refractivity contribution in [3.05, 3.63) is 36.3 Å². The van der Waals surface area contributed by atoms with Crippen LogP contribution in [0.25, 0.3) is 0 Å². The molecule has 3 nitrogen and oxygen atoms in total. The quantitative estimate of drug-likeness (QED) is 0.672. The molecule has 0 fully saturated rings. The monoisotopic (exact) mass is 167 g/mol. The van der Waals surface area contributed by atoms with E-state index in [9.17, 15) is 0 Å². The molecule has 3 heteroatoms. The Morgan fingerprint density at radius 3 is 3.08 bits per heavy atom. The lowest BCUT2D eigenvalue weighted by Gasteiger charge is -2.02. The van der Waals surface area contributed by atoms with Gasteiger partial charge in [0.1, 0.15) is 12.4 Å². The smallest absolute Gasteiger partial charge is 0.129 e. The van der Waals surface area contributed by atoms with E-state index in [1.54, 1.807) is 6.26 Å². The summed E-state index contributed by atoms with van der Waals surface area (Å²) < 4.78 is 10.3. The summed E-state index contributed by atoms with van der Waals surface area (Å²) in [5.41, 5.74) is 6.22. The van der Waals surface area contributed by atoms with Gasteiger partial charge in [-0.2, -0.15) is 0 Å². The van der Waals surface area contributed by atoms with Crippen molar-refractivity contribution in [3.63, 3.8) is 0 Å². The molecule has 1 rings (SSSR count). The van der Waals surface area contributed by atoms with Crippen molar-refractivity contribution >= 4 is 0 Å². The molecule has 1 aromatic rings. The molecular formula is C9H13NO2. The summed E-state index contributed by atoms with van der Waals surface area (Å²) in [6, 6.07) is 3.70. The summed E-state index contributed by atoms with van der Waals surface area (Å²) in [4.78, 5) is 0. The minimum atomic E-state index is 0.470. The zero-order valence-electron chi connectivity index (χ0n) is 6.95. The lowest BCUT2D eigenvalue weighted by Crippen LogP contribution is -2.07. The van der Waals surface area contributed by atoms with Crippen molar-refractivity contribution in [3.8, 4) is 0 Å². The highest BCUT2D eigenvalue weighted by molar-refractivity contribution is 4.98. The highest BCUT2D eigenvalue weighted by atomic mass is 16.5. The minimum Gasteiger partial charge on any atom is -0.467 e. The number of hydrogen-bond acceptors (Lipinski definition) is 3. The van der Waals surface area contributed by atoms with Crippen LogP contribution in [0.2, 0.25) is 0 Å². The van der Waals surface area contributed by atoms with E-state index in [2.05, 4.69) is 6.58 Å². The molecule has 0 aromatic carbocycles. The molecule has 2 N–H and O–H groups in total. The number of hydrogen-bond donors (Lipinski definition) is 1. The van der Waals surface area contributed by atoms with Gasteiger partial charge in [-0.1, -0.05) is 6.58 Å². The maximum Gasteiger partial charge on any atom is 0.129 e. The molecule has 1 aromatic heterocycles. The fourth-order valence-electron chi connectivity index (χ4n) is 0.750. The fraction of sp³-hybridized carbons (Fsp3) is 0.333. The van der Waals surface area contributed by atoms with Gasteiger partial charge >= 0.3 is 0 Å². The first-order chi connectivity index (χ1) is 5.83. The summed E-state index contributed by atoms with van der Waals surface area (Å²) in [6.07, 6.45) is 1.62. The largest absolute Gasteiger partial charge is 0.467 e. The molecule has 1 heterocycles. The first-order valence-electron chi connectivity index (χ1n) is 3.79. The molecule has 0 aliphatic heterocycles. The lowest BCUT2D eigenvalue weighted by atomic mass is 10.3. The van der Waals surface area contributed by atoms with Crippen LogP contribution in [0.3, 0.4) is 0 Å². The molecule has 12 heavy (non-hydrogen) atoms. The Balaban J connectivity index is 2.15. The van der Waals surface area contributed by atoms with Crippen molar-refractivity contribution in [1.29, 1.82) is 0 Å². The molecule has 0 saturated carbocycles. The van der Waals surface area contributed by atoms with E-state index < -0.39 is 0 Å². The van der Waals surface area contributed by atoms with Gasteiger partial charge in [0.15, 0.2) is 0 Å². The maximum absolute atomic E-state index is 5.33. The predicted molar refractivity (Wildman–Crippen MR) is 46.6 cm³/mol. The summed E-state index contributed by atoms with van der Waals surface area (Å²) in [5.74, 6) is 0.819. The fourth-order valence-corrected chi connectivity index (χ4v) is 0.750. The van der Waals surface area contributed by atoms with Crippen LogP contribution in [0, 0.1) is 0 Å².